The highest BCUT2D eigenvalue weighted by Crippen LogP contribution is 2.22. The largest absolute Gasteiger partial charge is 0.385 e. The molecule has 0 aromatic rings. The highest BCUT2D eigenvalue weighted by Gasteiger charge is 2.42. The molecule has 2 amide bonds. The van der Waals surface area contributed by atoms with E-state index in [2.05, 4.69) is 5.32 Å². The Labute approximate surface area is 148 Å². The number of aliphatic hydroxyl groups is 1. The van der Waals surface area contributed by atoms with Crippen molar-refractivity contribution in [3.63, 3.8) is 0 Å². The van der Waals surface area contributed by atoms with Crippen molar-refractivity contribution in [1.82, 2.24) is 10.6 Å². The lowest BCUT2D eigenvalue weighted by Gasteiger charge is -2.28. The van der Waals surface area contributed by atoms with Crippen LogP contribution in [0.1, 0.15) is 47.5 Å². The van der Waals surface area contributed by atoms with Crippen LogP contribution in [-0.2, 0) is 9.59 Å². The quantitative estimate of drug-likeness (QED) is 0.414. The third-order valence-corrected chi connectivity index (χ3v) is 3.89. The number of nitrogens with two attached hydrogens (primary N) is 1. The summed E-state index contributed by atoms with van der Waals surface area (Å²) in [7, 11) is 0. The van der Waals surface area contributed by atoms with Gasteiger partial charge < -0.3 is 21.5 Å². The van der Waals surface area contributed by atoms with Gasteiger partial charge in [-0.3, -0.25) is 9.59 Å². The van der Waals surface area contributed by atoms with Gasteiger partial charge in [0.2, 0.25) is 11.8 Å². The normalized spacial score (nSPS) is 15.8. The van der Waals surface area contributed by atoms with E-state index in [1.54, 1.807) is 0 Å². The summed E-state index contributed by atoms with van der Waals surface area (Å²) in [6, 6.07) is -1.09. The SMILES string of the molecule is CC(C)CCNC(=O)C(C)C(=O)NCC(F)(F)C(O)C(N)CC(C)C. The van der Waals surface area contributed by atoms with E-state index in [-0.39, 0.29) is 12.3 Å². The van der Waals surface area contributed by atoms with Gasteiger partial charge in [0.05, 0.1) is 6.54 Å². The molecule has 3 unspecified atom stereocenters. The van der Waals surface area contributed by atoms with Gasteiger partial charge in [0.25, 0.3) is 5.92 Å². The summed E-state index contributed by atoms with van der Waals surface area (Å²) in [6.45, 7) is 8.33. The number of aliphatic hydroxyl groups excluding tert-OH is 1. The fourth-order valence-corrected chi connectivity index (χ4v) is 2.21. The van der Waals surface area contributed by atoms with Gasteiger partial charge in [-0.15, -0.1) is 0 Å². The topological polar surface area (TPSA) is 104 Å². The van der Waals surface area contributed by atoms with Crippen LogP contribution in [0.15, 0.2) is 0 Å². The van der Waals surface area contributed by atoms with Gasteiger partial charge in [0, 0.05) is 12.6 Å². The maximum atomic E-state index is 14.0. The molecule has 0 radical (unpaired) electrons. The predicted octanol–water partition coefficient (Wildman–Crippen LogP) is 1.27. The summed E-state index contributed by atoms with van der Waals surface area (Å²) in [5.41, 5.74) is 5.59. The van der Waals surface area contributed by atoms with Gasteiger partial charge in [-0.2, -0.15) is 0 Å². The molecule has 0 fully saturated rings. The van der Waals surface area contributed by atoms with Crippen molar-refractivity contribution < 1.29 is 23.5 Å². The minimum absolute atomic E-state index is 0.0598. The molecule has 0 aromatic carbocycles. The fourth-order valence-electron chi connectivity index (χ4n) is 2.21. The summed E-state index contributed by atoms with van der Waals surface area (Å²) in [5, 5.41) is 14.3. The van der Waals surface area contributed by atoms with Crippen LogP contribution >= 0.6 is 0 Å². The highest BCUT2D eigenvalue weighted by atomic mass is 19.3. The van der Waals surface area contributed by atoms with Gasteiger partial charge in [0.15, 0.2) is 0 Å². The number of carbonyl (C=O) groups excluding carboxylic acids is 2. The van der Waals surface area contributed by atoms with Crippen molar-refractivity contribution >= 4 is 11.8 Å². The first-order valence-electron chi connectivity index (χ1n) is 8.75. The van der Waals surface area contributed by atoms with Crippen LogP contribution < -0.4 is 16.4 Å². The van der Waals surface area contributed by atoms with Crippen molar-refractivity contribution in [2.45, 2.75) is 65.5 Å². The van der Waals surface area contributed by atoms with Gasteiger partial charge in [0.1, 0.15) is 12.0 Å². The monoisotopic (exact) mass is 365 g/mol. The second-order valence-corrected chi connectivity index (χ2v) is 7.41. The van der Waals surface area contributed by atoms with Gasteiger partial charge in [-0.25, -0.2) is 8.78 Å². The molecule has 5 N–H and O–H groups in total. The number of nitrogens with one attached hydrogen (secondary N) is 2. The molecule has 6 nitrogen and oxygen atoms in total. The van der Waals surface area contributed by atoms with Crippen LogP contribution in [0, 0.1) is 17.8 Å². The molecule has 0 rings (SSSR count). The Hall–Kier alpha value is -1.28. The van der Waals surface area contributed by atoms with Crippen LogP contribution in [0.2, 0.25) is 0 Å². The molecule has 0 spiro atoms. The molecular weight excluding hydrogens is 332 g/mol. The second-order valence-electron chi connectivity index (χ2n) is 7.41. The number of alkyl halides is 2. The first kappa shape index (κ1) is 23.7. The molecule has 0 aliphatic rings. The summed E-state index contributed by atoms with van der Waals surface area (Å²) < 4.78 is 28.0. The van der Waals surface area contributed by atoms with Crippen molar-refractivity contribution in [2.24, 2.45) is 23.5 Å². The molecule has 0 heterocycles. The Morgan fingerprint density at radius 1 is 1.04 bits per heavy atom. The summed E-state index contributed by atoms with van der Waals surface area (Å²) in [6.07, 6.45) is -1.07. The van der Waals surface area contributed by atoms with Crippen molar-refractivity contribution in [3.8, 4) is 0 Å². The van der Waals surface area contributed by atoms with E-state index in [4.69, 9.17) is 5.73 Å². The number of rotatable bonds is 11. The fraction of sp³-hybridized carbons (Fsp3) is 0.882. The van der Waals surface area contributed by atoms with Crippen molar-refractivity contribution in [2.75, 3.05) is 13.1 Å². The zero-order valence-corrected chi connectivity index (χ0v) is 15.8. The Kier molecular flexibility index (Phi) is 10.1. The standard InChI is InChI=1S/C17H33F2N3O3/c1-10(2)6-7-21-15(24)12(5)16(25)22-9-17(18,19)14(23)13(20)8-11(3)4/h10-14,23H,6-9,20H2,1-5H3,(H,21,24)(H,22,25). The minimum atomic E-state index is -3.57. The second kappa shape index (κ2) is 10.7. The molecule has 0 saturated carbocycles. The molecule has 0 bridgehead atoms. The number of hydrogen-bond acceptors (Lipinski definition) is 4. The van der Waals surface area contributed by atoms with Crippen LogP contribution in [0.5, 0.6) is 0 Å². The Balaban J connectivity index is 4.47. The van der Waals surface area contributed by atoms with E-state index < -0.39 is 42.3 Å². The average Bonchev–Trinajstić information content (AvgIpc) is 2.49. The van der Waals surface area contributed by atoms with E-state index >= 15 is 0 Å². The average molecular weight is 365 g/mol. The first-order chi connectivity index (χ1) is 11.4. The van der Waals surface area contributed by atoms with Crippen molar-refractivity contribution in [3.05, 3.63) is 0 Å². The predicted molar refractivity (Wildman–Crippen MR) is 93.0 cm³/mol. The lowest BCUT2D eigenvalue weighted by Crippen LogP contribution is -2.54. The maximum absolute atomic E-state index is 14.0. The van der Waals surface area contributed by atoms with E-state index in [1.165, 1.54) is 6.92 Å². The van der Waals surface area contributed by atoms with Gasteiger partial charge in [-0.05, 0) is 31.6 Å². The molecule has 0 aliphatic carbocycles. The van der Waals surface area contributed by atoms with E-state index in [9.17, 15) is 23.5 Å². The Morgan fingerprint density at radius 2 is 1.56 bits per heavy atom. The highest BCUT2D eigenvalue weighted by molar-refractivity contribution is 5.99. The lowest BCUT2D eigenvalue weighted by atomic mass is 9.96. The smallest absolute Gasteiger partial charge is 0.291 e. The zero-order valence-electron chi connectivity index (χ0n) is 15.8. The number of hydrogen-bond donors (Lipinski definition) is 4. The summed E-state index contributed by atoms with van der Waals surface area (Å²) in [5.74, 6) is -5.53. The minimum Gasteiger partial charge on any atom is -0.385 e. The van der Waals surface area contributed by atoms with Gasteiger partial charge >= 0.3 is 0 Å². The van der Waals surface area contributed by atoms with Gasteiger partial charge in [-0.1, -0.05) is 27.7 Å². The molecule has 3 atom stereocenters. The van der Waals surface area contributed by atoms with E-state index in [0.717, 1.165) is 6.42 Å². The Morgan fingerprint density at radius 3 is 2.04 bits per heavy atom. The molecule has 8 heteroatoms. The first-order valence-corrected chi connectivity index (χ1v) is 8.75. The number of halogens is 2. The zero-order chi connectivity index (χ0) is 19.8. The van der Waals surface area contributed by atoms with Crippen LogP contribution in [0.4, 0.5) is 8.78 Å². The molecule has 0 aliphatic heterocycles. The summed E-state index contributed by atoms with van der Waals surface area (Å²) in [4.78, 5) is 23.7. The molecular formula is C17H33F2N3O3. The molecule has 148 valence electrons. The van der Waals surface area contributed by atoms with E-state index in [0.29, 0.717) is 12.5 Å². The van der Waals surface area contributed by atoms with Crippen LogP contribution in [0.25, 0.3) is 0 Å². The number of amides is 2. The van der Waals surface area contributed by atoms with Crippen LogP contribution in [-0.4, -0.2) is 48.1 Å². The van der Waals surface area contributed by atoms with Crippen molar-refractivity contribution in [1.29, 1.82) is 0 Å². The third kappa shape index (κ3) is 9.11. The summed E-state index contributed by atoms with van der Waals surface area (Å²) >= 11 is 0. The third-order valence-electron chi connectivity index (χ3n) is 3.89. The number of carbonyl (C=O) groups is 2. The molecule has 25 heavy (non-hydrogen) atoms. The molecule has 0 saturated heterocycles. The Bertz CT molecular complexity index is 431. The van der Waals surface area contributed by atoms with E-state index in [1.807, 2.05) is 33.0 Å². The van der Waals surface area contributed by atoms with Crippen LogP contribution in [0.3, 0.4) is 0 Å². The lowest BCUT2D eigenvalue weighted by molar-refractivity contribution is -0.140. The maximum Gasteiger partial charge on any atom is 0.291 e. The molecule has 0 aromatic heterocycles.